The first-order valence-corrected chi connectivity index (χ1v) is 7.66. The Morgan fingerprint density at radius 2 is 1.90 bits per heavy atom. The molecule has 0 spiro atoms. The van der Waals surface area contributed by atoms with Gasteiger partial charge in [-0.2, -0.15) is 0 Å². The second-order valence-corrected chi connectivity index (χ2v) is 7.45. The molecule has 1 aromatic carbocycles. The van der Waals surface area contributed by atoms with E-state index >= 15 is 0 Å². The Morgan fingerprint density at radius 1 is 1.30 bits per heavy atom. The van der Waals surface area contributed by atoms with Crippen LogP contribution in [0.4, 0.5) is 5.69 Å². The quantitative estimate of drug-likeness (QED) is 0.769. The zero-order valence-corrected chi connectivity index (χ0v) is 12.9. The molecule has 0 aliphatic heterocycles. The van der Waals surface area contributed by atoms with Gasteiger partial charge in [0.2, 0.25) is 15.9 Å². The predicted molar refractivity (Wildman–Crippen MR) is 78.7 cm³/mol. The molecule has 1 unspecified atom stereocenters. The molecular weight excluding hydrogens is 278 g/mol. The molecule has 1 atom stereocenters. The molecule has 0 saturated heterocycles. The van der Waals surface area contributed by atoms with E-state index < -0.39 is 16.1 Å². The summed E-state index contributed by atoms with van der Waals surface area (Å²) >= 11 is 0. The summed E-state index contributed by atoms with van der Waals surface area (Å²) in [4.78, 5) is 12.1. The first-order valence-electron chi connectivity index (χ1n) is 6.18. The maximum atomic E-state index is 12.0. The fourth-order valence-corrected chi connectivity index (χ4v) is 2.25. The number of hydrogen-bond donors (Lipinski definition) is 3. The number of sulfonamides is 1. The van der Waals surface area contributed by atoms with Crippen LogP contribution in [0.2, 0.25) is 0 Å². The van der Waals surface area contributed by atoms with Crippen molar-refractivity contribution in [2.45, 2.75) is 31.7 Å². The van der Waals surface area contributed by atoms with Crippen LogP contribution in [0.5, 0.6) is 0 Å². The van der Waals surface area contributed by atoms with Crippen molar-refractivity contribution in [2.24, 2.45) is 11.1 Å². The Bertz CT molecular complexity index is 591. The highest BCUT2D eigenvalue weighted by molar-refractivity contribution is 7.89. The summed E-state index contributed by atoms with van der Waals surface area (Å²) in [6, 6.07) is 5.32. The maximum Gasteiger partial charge on any atom is 0.241 e. The highest BCUT2D eigenvalue weighted by atomic mass is 32.2. The lowest BCUT2D eigenvalue weighted by molar-refractivity contribution is -0.119. The summed E-state index contributed by atoms with van der Waals surface area (Å²) in [6.07, 6.45) is 0. The Kier molecular flexibility index (Phi) is 4.90. The molecule has 6 nitrogen and oxygen atoms in total. The lowest BCUT2D eigenvalue weighted by Crippen LogP contribution is -2.45. The zero-order valence-electron chi connectivity index (χ0n) is 12.1. The lowest BCUT2D eigenvalue weighted by atomic mass is 9.87. The predicted octanol–water partition coefficient (Wildman–Crippen LogP) is 0.907. The van der Waals surface area contributed by atoms with Crippen LogP contribution in [-0.2, 0) is 14.8 Å². The number of benzene rings is 1. The highest BCUT2D eigenvalue weighted by Crippen LogP contribution is 2.20. The maximum absolute atomic E-state index is 12.0. The highest BCUT2D eigenvalue weighted by Gasteiger charge is 2.27. The van der Waals surface area contributed by atoms with Crippen molar-refractivity contribution < 1.29 is 13.2 Å². The van der Waals surface area contributed by atoms with Gasteiger partial charge in [-0.25, -0.2) is 13.1 Å². The first-order chi connectivity index (χ1) is 9.08. The minimum Gasteiger partial charge on any atom is -0.325 e. The van der Waals surface area contributed by atoms with Crippen molar-refractivity contribution in [3.05, 3.63) is 24.3 Å². The number of hydrogen-bond acceptors (Lipinski definition) is 4. The fourth-order valence-electron chi connectivity index (χ4n) is 1.47. The minimum absolute atomic E-state index is 0.0853. The number of nitrogens with two attached hydrogens (primary N) is 1. The lowest BCUT2D eigenvalue weighted by Gasteiger charge is -2.25. The molecule has 4 N–H and O–H groups in total. The Morgan fingerprint density at radius 3 is 2.40 bits per heavy atom. The van der Waals surface area contributed by atoms with Crippen molar-refractivity contribution in [1.82, 2.24) is 4.72 Å². The van der Waals surface area contributed by atoms with Crippen molar-refractivity contribution in [3.8, 4) is 0 Å². The van der Waals surface area contributed by atoms with E-state index in [2.05, 4.69) is 10.0 Å². The van der Waals surface area contributed by atoms with E-state index in [0.29, 0.717) is 5.69 Å². The third kappa shape index (κ3) is 4.03. The number of carbonyl (C=O) groups excluding carboxylic acids is 1. The molecule has 0 aromatic heterocycles. The molecule has 0 radical (unpaired) electrons. The monoisotopic (exact) mass is 299 g/mol. The molecule has 0 bridgehead atoms. The SMILES string of the molecule is CNS(=O)(=O)c1cccc(NC(=O)C(N)C(C)(C)C)c1. The molecule has 1 rings (SSSR count). The van der Waals surface area contributed by atoms with Crippen LogP contribution in [0, 0.1) is 5.41 Å². The average Bonchev–Trinajstić information content (AvgIpc) is 2.37. The van der Waals surface area contributed by atoms with Crippen LogP contribution >= 0.6 is 0 Å². The molecule has 0 heterocycles. The van der Waals surface area contributed by atoms with Crippen molar-refractivity contribution >= 4 is 21.6 Å². The number of anilines is 1. The first kappa shape index (κ1) is 16.6. The molecule has 20 heavy (non-hydrogen) atoms. The van der Waals surface area contributed by atoms with E-state index in [0.717, 1.165) is 0 Å². The van der Waals surface area contributed by atoms with Gasteiger partial charge in [0.25, 0.3) is 0 Å². The van der Waals surface area contributed by atoms with Gasteiger partial charge in [0, 0.05) is 5.69 Å². The third-order valence-electron chi connectivity index (χ3n) is 2.90. The van der Waals surface area contributed by atoms with Crippen LogP contribution in [0.3, 0.4) is 0 Å². The van der Waals surface area contributed by atoms with E-state index in [4.69, 9.17) is 5.73 Å². The summed E-state index contributed by atoms with van der Waals surface area (Å²) < 4.78 is 25.6. The summed E-state index contributed by atoms with van der Waals surface area (Å²) in [5, 5.41) is 2.63. The number of rotatable bonds is 4. The molecular formula is C13H21N3O3S. The average molecular weight is 299 g/mol. The van der Waals surface area contributed by atoms with Crippen LogP contribution in [0.25, 0.3) is 0 Å². The Hall–Kier alpha value is -1.44. The largest absolute Gasteiger partial charge is 0.325 e. The topological polar surface area (TPSA) is 101 Å². The molecule has 1 amide bonds. The van der Waals surface area contributed by atoms with Gasteiger partial charge in [-0.3, -0.25) is 4.79 Å². The minimum atomic E-state index is -3.54. The van der Waals surface area contributed by atoms with Gasteiger partial charge in [0.1, 0.15) is 0 Å². The van der Waals surface area contributed by atoms with Gasteiger partial charge in [-0.15, -0.1) is 0 Å². The Labute approximate surface area is 119 Å². The Balaban J connectivity index is 2.96. The molecule has 0 aliphatic rings. The van der Waals surface area contributed by atoms with E-state index in [1.807, 2.05) is 20.8 Å². The molecule has 1 aromatic rings. The summed E-state index contributed by atoms with van der Waals surface area (Å²) in [5.74, 6) is -0.350. The van der Waals surface area contributed by atoms with Crippen LogP contribution < -0.4 is 15.8 Å². The summed E-state index contributed by atoms with van der Waals surface area (Å²) in [7, 11) is -2.21. The van der Waals surface area contributed by atoms with Gasteiger partial charge < -0.3 is 11.1 Å². The molecule has 7 heteroatoms. The number of amides is 1. The molecule has 112 valence electrons. The molecule has 0 fully saturated rings. The van der Waals surface area contributed by atoms with Crippen LogP contribution in [0.15, 0.2) is 29.2 Å². The van der Waals surface area contributed by atoms with Crippen molar-refractivity contribution in [3.63, 3.8) is 0 Å². The van der Waals surface area contributed by atoms with Crippen molar-refractivity contribution in [1.29, 1.82) is 0 Å². The van der Waals surface area contributed by atoms with Gasteiger partial charge in [-0.05, 0) is 30.7 Å². The van der Waals surface area contributed by atoms with Gasteiger partial charge in [0.05, 0.1) is 10.9 Å². The summed E-state index contributed by atoms with van der Waals surface area (Å²) in [6.45, 7) is 5.58. The van der Waals surface area contributed by atoms with Gasteiger partial charge >= 0.3 is 0 Å². The van der Waals surface area contributed by atoms with E-state index in [1.165, 1.54) is 19.2 Å². The smallest absolute Gasteiger partial charge is 0.241 e. The second-order valence-electron chi connectivity index (χ2n) is 5.57. The molecule has 0 aliphatic carbocycles. The zero-order chi connectivity index (χ0) is 15.6. The van der Waals surface area contributed by atoms with E-state index in [1.54, 1.807) is 12.1 Å². The van der Waals surface area contributed by atoms with Crippen LogP contribution in [-0.4, -0.2) is 27.4 Å². The normalized spacial score (nSPS) is 13.8. The standard InChI is InChI=1S/C13H21N3O3S/c1-13(2,3)11(14)12(17)16-9-6-5-7-10(8-9)20(18,19)15-4/h5-8,11,15H,14H2,1-4H3,(H,16,17). The van der Waals surface area contributed by atoms with Crippen LogP contribution in [0.1, 0.15) is 20.8 Å². The van der Waals surface area contributed by atoms with Gasteiger partial charge in [-0.1, -0.05) is 26.8 Å². The second kappa shape index (κ2) is 5.90. The summed E-state index contributed by atoms with van der Waals surface area (Å²) in [5.41, 5.74) is 5.87. The van der Waals surface area contributed by atoms with Gasteiger partial charge in [0.15, 0.2) is 0 Å². The van der Waals surface area contributed by atoms with E-state index in [9.17, 15) is 13.2 Å². The van der Waals surface area contributed by atoms with E-state index in [-0.39, 0.29) is 16.2 Å². The fraction of sp³-hybridized carbons (Fsp3) is 0.462. The number of nitrogens with one attached hydrogen (secondary N) is 2. The molecule has 0 saturated carbocycles. The van der Waals surface area contributed by atoms with Crippen molar-refractivity contribution in [2.75, 3.05) is 12.4 Å². The third-order valence-corrected chi connectivity index (χ3v) is 4.31. The number of carbonyl (C=O) groups is 1.